The van der Waals surface area contributed by atoms with E-state index in [4.69, 9.17) is 14.2 Å². The van der Waals surface area contributed by atoms with Gasteiger partial charge in [-0.15, -0.1) is 0 Å². The van der Waals surface area contributed by atoms with Crippen LogP contribution >= 0.6 is 0 Å². The van der Waals surface area contributed by atoms with Gasteiger partial charge in [0, 0.05) is 11.6 Å². The van der Waals surface area contributed by atoms with E-state index < -0.39 is 6.09 Å². The van der Waals surface area contributed by atoms with Crippen molar-refractivity contribution in [3.8, 4) is 17.2 Å². The molecule has 0 radical (unpaired) electrons. The Labute approximate surface area is 220 Å². The number of nitrogens with zero attached hydrogens (tertiary/aromatic N) is 1. The van der Waals surface area contributed by atoms with Crippen LogP contribution in [0.15, 0.2) is 121 Å². The first-order chi connectivity index (χ1) is 18.6. The summed E-state index contributed by atoms with van der Waals surface area (Å²) in [6.07, 6.45) is 2.88. The van der Waals surface area contributed by atoms with Gasteiger partial charge in [0.15, 0.2) is 5.76 Å². The van der Waals surface area contributed by atoms with E-state index in [1.807, 2.05) is 97.9 Å². The fourth-order valence-corrected chi connectivity index (χ4v) is 4.46. The maximum atomic E-state index is 13.3. The molecule has 6 rings (SSSR count). The maximum absolute atomic E-state index is 13.3. The van der Waals surface area contributed by atoms with Crippen LogP contribution in [0.5, 0.6) is 17.2 Å². The molecule has 4 aromatic carbocycles. The Hall–Kier alpha value is -5.10. The van der Waals surface area contributed by atoms with Crippen molar-refractivity contribution in [1.82, 2.24) is 0 Å². The number of ketones is 1. The molecule has 0 fully saturated rings. The third kappa shape index (κ3) is 4.44. The van der Waals surface area contributed by atoms with E-state index in [0.717, 1.165) is 16.9 Å². The van der Waals surface area contributed by atoms with Gasteiger partial charge in [0.1, 0.15) is 23.4 Å². The van der Waals surface area contributed by atoms with Gasteiger partial charge in [-0.2, -0.15) is 0 Å². The van der Waals surface area contributed by atoms with Gasteiger partial charge >= 0.3 is 6.09 Å². The molecule has 6 heteroatoms. The van der Waals surface area contributed by atoms with Crippen molar-refractivity contribution in [3.05, 3.63) is 132 Å². The third-order valence-corrected chi connectivity index (χ3v) is 6.37. The third-order valence-electron chi connectivity index (χ3n) is 6.37. The van der Waals surface area contributed by atoms with Crippen LogP contribution < -0.4 is 19.1 Å². The van der Waals surface area contributed by atoms with E-state index >= 15 is 0 Å². The van der Waals surface area contributed by atoms with Crippen molar-refractivity contribution in [1.29, 1.82) is 0 Å². The molecule has 0 aromatic heterocycles. The Bertz CT molecular complexity index is 1550. The van der Waals surface area contributed by atoms with Crippen molar-refractivity contribution in [3.63, 3.8) is 0 Å². The number of rotatable bonds is 4. The summed E-state index contributed by atoms with van der Waals surface area (Å²) in [5.74, 6) is 1.36. The van der Waals surface area contributed by atoms with Crippen LogP contribution in [0.1, 0.15) is 22.8 Å². The summed E-state index contributed by atoms with van der Waals surface area (Å²) in [6, 6.07) is 31.0. The summed E-state index contributed by atoms with van der Waals surface area (Å²) in [6.45, 7) is 1.92. The molecule has 0 N–H and O–H groups in total. The summed E-state index contributed by atoms with van der Waals surface area (Å²) < 4.78 is 17.6. The summed E-state index contributed by atoms with van der Waals surface area (Å²) in [4.78, 5) is 27.8. The molecular weight excluding hydrogens is 478 g/mol. The fourth-order valence-electron chi connectivity index (χ4n) is 4.46. The molecule has 1 amide bonds. The number of hydrogen-bond donors (Lipinski definition) is 0. The zero-order valence-electron chi connectivity index (χ0n) is 20.5. The van der Waals surface area contributed by atoms with E-state index in [1.54, 1.807) is 24.3 Å². The molecule has 38 heavy (non-hydrogen) atoms. The van der Waals surface area contributed by atoms with E-state index in [9.17, 15) is 9.59 Å². The number of allylic oxidation sites excluding steroid dienone is 1. The lowest BCUT2D eigenvalue weighted by atomic mass is 10.0. The number of para-hydroxylation sites is 3. The minimum atomic E-state index is -0.584. The second kappa shape index (κ2) is 9.75. The number of carbonyl (C=O) groups is 2. The Morgan fingerprint density at radius 2 is 1.50 bits per heavy atom. The number of Topliss-reactive ketones (excluding diaryl/α,β-unsaturated/α-hetero) is 1. The SMILES string of the molecule is C[C@H]1Oc2ccccc2C=C1C=C1Oc2cc(OC(=O)N(c3ccccc3)c3ccccc3)ccc2C1=O. The van der Waals surface area contributed by atoms with Gasteiger partial charge in [-0.3, -0.25) is 4.79 Å². The van der Waals surface area contributed by atoms with Gasteiger partial charge < -0.3 is 14.2 Å². The minimum absolute atomic E-state index is 0.194. The molecule has 0 saturated carbocycles. The molecule has 0 bridgehead atoms. The smallest absolute Gasteiger partial charge is 0.424 e. The van der Waals surface area contributed by atoms with E-state index in [0.29, 0.717) is 22.7 Å². The van der Waals surface area contributed by atoms with Gasteiger partial charge in [-0.1, -0.05) is 54.6 Å². The van der Waals surface area contributed by atoms with Crippen molar-refractivity contribution in [2.24, 2.45) is 0 Å². The van der Waals surface area contributed by atoms with Crippen LogP contribution in [-0.2, 0) is 0 Å². The Morgan fingerprint density at radius 3 is 2.21 bits per heavy atom. The number of carbonyl (C=O) groups excluding carboxylic acids is 2. The number of anilines is 2. The molecule has 186 valence electrons. The molecule has 1 atom stereocenters. The summed E-state index contributed by atoms with van der Waals surface area (Å²) in [5.41, 5.74) is 3.51. The van der Waals surface area contributed by atoms with E-state index in [1.165, 1.54) is 4.90 Å². The molecule has 4 aromatic rings. The molecule has 2 aliphatic heterocycles. The molecule has 0 spiro atoms. The monoisotopic (exact) mass is 501 g/mol. The second-order valence-corrected chi connectivity index (χ2v) is 8.91. The minimum Gasteiger partial charge on any atom is -0.485 e. The van der Waals surface area contributed by atoms with Crippen molar-refractivity contribution < 1.29 is 23.8 Å². The van der Waals surface area contributed by atoms with Crippen LogP contribution in [0.3, 0.4) is 0 Å². The second-order valence-electron chi connectivity index (χ2n) is 8.91. The van der Waals surface area contributed by atoms with E-state index in [-0.39, 0.29) is 23.4 Å². The zero-order chi connectivity index (χ0) is 26.1. The lowest BCUT2D eigenvalue weighted by molar-refractivity contribution is 0.101. The lowest BCUT2D eigenvalue weighted by Gasteiger charge is -2.22. The molecule has 0 aliphatic carbocycles. The Kier molecular flexibility index (Phi) is 5.98. The van der Waals surface area contributed by atoms with Crippen LogP contribution in [0.2, 0.25) is 0 Å². The van der Waals surface area contributed by atoms with Gasteiger partial charge in [0.05, 0.1) is 16.9 Å². The van der Waals surface area contributed by atoms with Crippen LogP contribution in [-0.4, -0.2) is 18.0 Å². The van der Waals surface area contributed by atoms with Crippen LogP contribution in [0, 0.1) is 0 Å². The highest BCUT2D eigenvalue weighted by Gasteiger charge is 2.30. The standard InChI is InChI=1S/C32H23NO5/c1-21-23(18-22-10-8-9-15-28(22)36-21)19-30-31(34)27-17-16-26(20-29(27)38-30)37-32(35)33(24-11-4-2-5-12-24)25-13-6-3-7-14-25/h2-21H,1H3/t21-/m1/s1. The molecule has 2 heterocycles. The lowest BCUT2D eigenvalue weighted by Crippen LogP contribution is -2.29. The first-order valence-electron chi connectivity index (χ1n) is 12.2. The highest BCUT2D eigenvalue weighted by Crippen LogP contribution is 2.37. The fraction of sp³-hybridized carbons (Fsp3) is 0.0625. The number of hydrogen-bond acceptors (Lipinski definition) is 5. The average molecular weight is 502 g/mol. The van der Waals surface area contributed by atoms with Gasteiger partial charge in [-0.25, -0.2) is 9.69 Å². The average Bonchev–Trinajstić information content (AvgIpc) is 3.24. The maximum Gasteiger partial charge on any atom is 0.424 e. The van der Waals surface area contributed by atoms with Crippen LogP contribution in [0.4, 0.5) is 16.2 Å². The molecule has 6 nitrogen and oxygen atoms in total. The molecule has 2 aliphatic rings. The van der Waals surface area contributed by atoms with Gasteiger partial charge in [-0.05, 0) is 67.1 Å². The first kappa shape index (κ1) is 23.3. The van der Waals surface area contributed by atoms with Crippen LogP contribution in [0.25, 0.3) is 6.08 Å². The highest BCUT2D eigenvalue weighted by atomic mass is 16.6. The van der Waals surface area contributed by atoms with Crippen molar-refractivity contribution in [2.75, 3.05) is 4.90 Å². The largest absolute Gasteiger partial charge is 0.485 e. The van der Waals surface area contributed by atoms with Crippen molar-refractivity contribution in [2.45, 2.75) is 13.0 Å². The zero-order valence-corrected chi connectivity index (χ0v) is 20.5. The molecule has 0 saturated heterocycles. The number of amides is 1. The van der Waals surface area contributed by atoms with Gasteiger partial charge in [0.25, 0.3) is 0 Å². The first-order valence-corrected chi connectivity index (χ1v) is 12.2. The van der Waals surface area contributed by atoms with E-state index in [2.05, 4.69) is 0 Å². The summed E-state index contributed by atoms with van der Waals surface area (Å²) in [7, 11) is 0. The molecule has 0 unspecified atom stereocenters. The molecular formula is C32H23NO5. The quantitative estimate of drug-likeness (QED) is 0.274. The van der Waals surface area contributed by atoms with Gasteiger partial charge in [0.2, 0.25) is 5.78 Å². The van der Waals surface area contributed by atoms with Crippen molar-refractivity contribution >= 4 is 29.3 Å². The Morgan fingerprint density at radius 1 is 0.842 bits per heavy atom. The summed E-state index contributed by atoms with van der Waals surface area (Å²) in [5, 5.41) is 0. The predicted molar refractivity (Wildman–Crippen MR) is 145 cm³/mol. The topological polar surface area (TPSA) is 65.1 Å². The Balaban J connectivity index is 1.25. The highest BCUT2D eigenvalue weighted by molar-refractivity contribution is 6.12. The predicted octanol–water partition coefficient (Wildman–Crippen LogP) is 7.35. The number of ether oxygens (including phenoxy) is 3. The number of benzene rings is 4. The normalized spacial score (nSPS) is 16.6. The summed E-state index contributed by atoms with van der Waals surface area (Å²) >= 11 is 0. The number of fused-ring (bicyclic) bond motifs is 2.